The van der Waals surface area contributed by atoms with Crippen molar-refractivity contribution in [2.45, 2.75) is 30.5 Å². The number of pyridine rings is 1. The zero-order valence-electron chi connectivity index (χ0n) is 14.3. The Balaban J connectivity index is 1.69. The molecule has 0 unspecified atom stereocenters. The number of anilines is 1. The molecule has 2 heterocycles. The van der Waals surface area contributed by atoms with Gasteiger partial charge >= 0.3 is 6.18 Å². The lowest BCUT2D eigenvalue weighted by Crippen LogP contribution is -2.37. The molecular weight excluding hydrogens is 386 g/mol. The number of nitrogens with one attached hydrogen (secondary N) is 1. The Morgan fingerprint density at radius 1 is 1.22 bits per heavy atom. The van der Waals surface area contributed by atoms with Crippen LogP contribution in [-0.4, -0.2) is 32.5 Å². The third-order valence-electron chi connectivity index (χ3n) is 4.34. The van der Waals surface area contributed by atoms with Crippen molar-refractivity contribution in [3.63, 3.8) is 0 Å². The Morgan fingerprint density at radius 3 is 2.56 bits per heavy atom. The maximum absolute atomic E-state index is 13.2. The molecule has 1 fully saturated rings. The van der Waals surface area contributed by atoms with Crippen molar-refractivity contribution in [3.8, 4) is 0 Å². The van der Waals surface area contributed by atoms with Gasteiger partial charge in [0, 0.05) is 25.3 Å². The van der Waals surface area contributed by atoms with E-state index in [0.717, 1.165) is 24.4 Å². The van der Waals surface area contributed by atoms with Gasteiger partial charge in [0.25, 0.3) is 0 Å². The first-order valence-electron chi connectivity index (χ1n) is 8.13. The molecule has 0 radical (unpaired) electrons. The van der Waals surface area contributed by atoms with Crippen LogP contribution in [0.2, 0.25) is 0 Å². The van der Waals surface area contributed by atoms with Crippen LogP contribution in [0.1, 0.15) is 17.5 Å². The molecule has 1 aromatic heterocycles. The van der Waals surface area contributed by atoms with Gasteiger partial charge in [0.1, 0.15) is 11.6 Å². The average molecular weight is 403 g/mol. The fraction of sp³-hybridized carbons (Fsp3) is 0.353. The third kappa shape index (κ3) is 4.38. The lowest BCUT2D eigenvalue weighted by molar-refractivity contribution is -0.137. The summed E-state index contributed by atoms with van der Waals surface area (Å²) < 4.78 is 78.6. The van der Waals surface area contributed by atoms with Crippen molar-refractivity contribution in [2.75, 3.05) is 18.0 Å². The molecule has 5 nitrogen and oxygen atoms in total. The minimum absolute atomic E-state index is 0.00462. The molecule has 1 saturated heterocycles. The van der Waals surface area contributed by atoms with Gasteiger partial charge in [-0.1, -0.05) is 0 Å². The molecule has 0 spiro atoms. The van der Waals surface area contributed by atoms with E-state index < -0.39 is 33.6 Å². The molecular formula is C17H17F4N3O2S. The summed E-state index contributed by atoms with van der Waals surface area (Å²) in [7, 11) is -3.84. The van der Waals surface area contributed by atoms with Crippen LogP contribution >= 0.6 is 0 Å². The lowest BCUT2D eigenvalue weighted by atomic mass is 10.2. The van der Waals surface area contributed by atoms with Crippen molar-refractivity contribution in [3.05, 3.63) is 53.5 Å². The van der Waals surface area contributed by atoms with Crippen molar-refractivity contribution in [1.29, 1.82) is 0 Å². The molecule has 1 aliphatic rings. The second-order valence-electron chi connectivity index (χ2n) is 6.37. The van der Waals surface area contributed by atoms with Gasteiger partial charge < -0.3 is 4.90 Å². The van der Waals surface area contributed by atoms with Crippen LogP contribution in [0.5, 0.6) is 0 Å². The van der Waals surface area contributed by atoms with Crippen LogP contribution in [-0.2, 0) is 16.2 Å². The van der Waals surface area contributed by atoms with E-state index in [0.29, 0.717) is 24.3 Å². The van der Waals surface area contributed by atoms with E-state index in [4.69, 9.17) is 0 Å². The molecule has 0 aliphatic carbocycles. The number of halogens is 4. The predicted octanol–water partition coefficient (Wildman–Crippen LogP) is 3.11. The van der Waals surface area contributed by atoms with Crippen LogP contribution in [0, 0.1) is 12.7 Å². The first-order chi connectivity index (χ1) is 12.6. The Hall–Kier alpha value is -2.20. The summed E-state index contributed by atoms with van der Waals surface area (Å²) in [5.41, 5.74) is -0.545. The summed E-state index contributed by atoms with van der Waals surface area (Å²) in [6.45, 7) is 2.23. The summed E-state index contributed by atoms with van der Waals surface area (Å²) >= 11 is 0. The highest BCUT2D eigenvalue weighted by Crippen LogP contribution is 2.30. The van der Waals surface area contributed by atoms with Gasteiger partial charge in [-0.2, -0.15) is 13.2 Å². The van der Waals surface area contributed by atoms with Gasteiger partial charge in [0.2, 0.25) is 10.0 Å². The highest BCUT2D eigenvalue weighted by molar-refractivity contribution is 7.89. The van der Waals surface area contributed by atoms with E-state index in [1.165, 1.54) is 19.1 Å². The molecule has 0 bridgehead atoms. The van der Waals surface area contributed by atoms with Crippen molar-refractivity contribution < 1.29 is 26.0 Å². The molecule has 2 aromatic rings. The van der Waals surface area contributed by atoms with Gasteiger partial charge in [-0.15, -0.1) is 0 Å². The predicted molar refractivity (Wildman–Crippen MR) is 91.3 cm³/mol. The molecule has 146 valence electrons. The van der Waals surface area contributed by atoms with Crippen LogP contribution in [0.25, 0.3) is 0 Å². The number of aromatic nitrogens is 1. The van der Waals surface area contributed by atoms with Crippen LogP contribution in [0.4, 0.5) is 23.4 Å². The standard InChI is InChI=1S/C17H17F4N3O2S/c1-11-8-13(18)3-4-15(11)27(25,26)23-14-6-7-24(10-14)16-5-2-12(9-22-16)17(19,20)21/h2-5,8-9,14,23H,6-7,10H2,1H3/t14-/m0/s1. The number of hydrogen-bond donors (Lipinski definition) is 1. The Labute approximate surface area is 154 Å². The van der Waals surface area contributed by atoms with Gasteiger partial charge in [0.15, 0.2) is 0 Å². The Bertz CT molecular complexity index is 930. The molecule has 27 heavy (non-hydrogen) atoms. The average Bonchev–Trinajstić information content (AvgIpc) is 3.01. The highest BCUT2D eigenvalue weighted by Gasteiger charge is 2.32. The zero-order chi connectivity index (χ0) is 19.8. The molecule has 1 aliphatic heterocycles. The minimum atomic E-state index is -4.46. The van der Waals surface area contributed by atoms with Crippen LogP contribution in [0.15, 0.2) is 41.4 Å². The largest absolute Gasteiger partial charge is 0.417 e. The zero-order valence-corrected chi connectivity index (χ0v) is 15.1. The summed E-state index contributed by atoms with van der Waals surface area (Å²) in [4.78, 5) is 5.54. The summed E-state index contributed by atoms with van der Waals surface area (Å²) in [6, 6.07) is 5.21. The van der Waals surface area contributed by atoms with Gasteiger partial charge in [0.05, 0.1) is 10.5 Å². The molecule has 0 amide bonds. The van der Waals surface area contributed by atoms with Crippen molar-refractivity contribution in [1.82, 2.24) is 9.71 Å². The summed E-state index contributed by atoms with van der Waals surface area (Å²) in [6.07, 6.45) is -3.22. The molecule has 0 saturated carbocycles. The van der Waals surface area contributed by atoms with Gasteiger partial charge in [-0.25, -0.2) is 22.5 Å². The molecule has 1 atom stereocenters. The maximum atomic E-state index is 13.2. The normalized spacial score (nSPS) is 18.1. The first kappa shape index (κ1) is 19.6. The monoisotopic (exact) mass is 403 g/mol. The van der Waals surface area contributed by atoms with E-state index in [9.17, 15) is 26.0 Å². The smallest absolute Gasteiger partial charge is 0.355 e. The number of benzene rings is 1. The number of nitrogens with zero attached hydrogens (tertiary/aromatic N) is 2. The van der Waals surface area contributed by atoms with Crippen LogP contribution < -0.4 is 9.62 Å². The van der Waals surface area contributed by atoms with E-state index in [1.54, 1.807) is 4.90 Å². The second-order valence-corrected chi connectivity index (χ2v) is 8.05. The first-order valence-corrected chi connectivity index (χ1v) is 9.61. The molecule has 1 N–H and O–H groups in total. The molecule has 1 aromatic carbocycles. The van der Waals surface area contributed by atoms with Gasteiger partial charge in [-0.3, -0.25) is 0 Å². The fourth-order valence-electron chi connectivity index (χ4n) is 3.00. The third-order valence-corrected chi connectivity index (χ3v) is 6.02. The van der Waals surface area contributed by atoms with Gasteiger partial charge in [-0.05, 0) is 49.2 Å². The van der Waals surface area contributed by atoms with Crippen LogP contribution in [0.3, 0.4) is 0 Å². The molecule has 3 rings (SSSR count). The maximum Gasteiger partial charge on any atom is 0.417 e. The fourth-order valence-corrected chi connectivity index (χ4v) is 4.49. The topological polar surface area (TPSA) is 62.3 Å². The Kier molecular flexibility index (Phi) is 5.13. The Morgan fingerprint density at radius 2 is 1.96 bits per heavy atom. The van der Waals surface area contributed by atoms with Crippen molar-refractivity contribution in [2.24, 2.45) is 0 Å². The summed E-state index contributed by atoms with van der Waals surface area (Å²) in [5, 5.41) is 0. The number of sulfonamides is 1. The van der Waals surface area contributed by atoms with E-state index in [2.05, 4.69) is 9.71 Å². The second kappa shape index (κ2) is 7.08. The quantitative estimate of drug-likeness (QED) is 0.797. The van der Waals surface area contributed by atoms with E-state index in [-0.39, 0.29) is 11.4 Å². The van der Waals surface area contributed by atoms with Crippen molar-refractivity contribution >= 4 is 15.8 Å². The van der Waals surface area contributed by atoms with E-state index in [1.807, 2.05) is 0 Å². The lowest BCUT2D eigenvalue weighted by Gasteiger charge is -2.19. The number of rotatable bonds is 4. The van der Waals surface area contributed by atoms with E-state index >= 15 is 0 Å². The highest BCUT2D eigenvalue weighted by atomic mass is 32.2. The minimum Gasteiger partial charge on any atom is -0.355 e. The SMILES string of the molecule is Cc1cc(F)ccc1S(=O)(=O)N[C@H]1CCN(c2ccc(C(F)(F)F)cn2)C1. The number of aryl methyl sites for hydroxylation is 1. The summed E-state index contributed by atoms with van der Waals surface area (Å²) in [5.74, 6) is -0.172. The molecule has 10 heteroatoms. The number of hydrogen-bond acceptors (Lipinski definition) is 4. The number of alkyl halides is 3.